The van der Waals surface area contributed by atoms with E-state index in [2.05, 4.69) is 15.2 Å². The lowest BCUT2D eigenvalue weighted by atomic mass is 10.0. The Morgan fingerprint density at radius 2 is 2.31 bits per heavy atom. The maximum atomic E-state index is 11.9. The molecule has 5 nitrogen and oxygen atoms in total. The molecule has 0 unspecified atom stereocenters. The van der Waals surface area contributed by atoms with Crippen LogP contribution >= 0.6 is 0 Å². The van der Waals surface area contributed by atoms with Crippen molar-refractivity contribution < 1.29 is 4.79 Å². The summed E-state index contributed by atoms with van der Waals surface area (Å²) in [6.45, 7) is 0.519. The minimum Gasteiger partial charge on any atom is -0.338 e. The molecule has 0 aromatic carbocycles. The zero-order valence-corrected chi connectivity index (χ0v) is 9.65. The summed E-state index contributed by atoms with van der Waals surface area (Å²) in [6, 6.07) is 0. The third kappa shape index (κ3) is 2.81. The van der Waals surface area contributed by atoms with Crippen molar-refractivity contribution in [3.8, 4) is 0 Å². The van der Waals surface area contributed by atoms with Gasteiger partial charge in [0.15, 0.2) is 0 Å². The number of nitrogens with zero attached hydrogens (tertiary/aromatic N) is 3. The molecule has 1 aromatic heterocycles. The number of carbonyl (C=O) groups is 1. The molecule has 1 aliphatic rings. The van der Waals surface area contributed by atoms with Crippen LogP contribution in [0.2, 0.25) is 0 Å². The number of aromatic amines is 1. The lowest BCUT2D eigenvalue weighted by Crippen LogP contribution is -2.28. The molecule has 0 aliphatic heterocycles. The minimum atomic E-state index is 0.211. The van der Waals surface area contributed by atoms with E-state index in [9.17, 15) is 4.79 Å². The smallest absolute Gasteiger partial charge is 0.222 e. The normalized spacial score (nSPS) is 16.6. The van der Waals surface area contributed by atoms with Gasteiger partial charge in [-0.15, -0.1) is 0 Å². The first-order valence-electron chi connectivity index (χ1n) is 5.84. The van der Waals surface area contributed by atoms with E-state index in [0.29, 0.717) is 18.9 Å². The van der Waals surface area contributed by atoms with Crippen molar-refractivity contribution in [2.24, 2.45) is 5.92 Å². The lowest BCUT2D eigenvalue weighted by Gasteiger charge is -2.17. The zero-order valence-electron chi connectivity index (χ0n) is 9.65. The molecule has 5 heteroatoms. The fraction of sp³-hybridized carbons (Fsp3) is 0.727. The highest BCUT2D eigenvalue weighted by atomic mass is 16.2. The van der Waals surface area contributed by atoms with E-state index in [4.69, 9.17) is 0 Å². The van der Waals surface area contributed by atoms with Crippen molar-refractivity contribution in [1.29, 1.82) is 0 Å². The highest BCUT2D eigenvalue weighted by Gasteiger charge is 2.20. The molecule has 1 fully saturated rings. The van der Waals surface area contributed by atoms with Gasteiger partial charge in [0.05, 0.1) is 6.54 Å². The summed E-state index contributed by atoms with van der Waals surface area (Å²) in [5.74, 6) is 1.55. The number of carbonyl (C=O) groups excluding carboxylic acids is 1. The predicted octanol–water partition coefficient (Wildman–Crippen LogP) is 1.34. The maximum absolute atomic E-state index is 11.9. The van der Waals surface area contributed by atoms with E-state index in [0.717, 1.165) is 5.82 Å². The second-order valence-corrected chi connectivity index (χ2v) is 4.54. The Balaban J connectivity index is 1.79. The second-order valence-electron chi connectivity index (χ2n) is 4.54. The first-order chi connectivity index (χ1) is 7.75. The monoisotopic (exact) mass is 222 g/mol. The van der Waals surface area contributed by atoms with Gasteiger partial charge >= 0.3 is 0 Å². The van der Waals surface area contributed by atoms with Crippen molar-refractivity contribution in [1.82, 2.24) is 20.1 Å². The van der Waals surface area contributed by atoms with Crippen molar-refractivity contribution in [2.75, 3.05) is 7.05 Å². The molecular weight excluding hydrogens is 204 g/mol. The largest absolute Gasteiger partial charge is 0.338 e. The van der Waals surface area contributed by atoms with Crippen LogP contribution in [-0.4, -0.2) is 33.0 Å². The predicted molar refractivity (Wildman–Crippen MR) is 59.4 cm³/mol. The first kappa shape index (κ1) is 11.1. The van der Waals surface area contributed by atoms with E-state index in [1.165, 1.54) is 32.0 Å². The Hall–Kier alpha value is -1.39. The zero-order chi connectivity index (χ0) is 11.4. The number of amides is 1. The molecule has 1 aromatic rings. The maximum Gasteiger partial charge on any atom is 0.222 e. The van der Waals surface area contributed by atoms with Gasteiger partial charge < -0.3 is 4.90 Å². The van der Waals surface area contributed by atoms with Gasteiger partial charge in [-0.3, -0.25) is 9.89 Å². The third-order valence-corrected chi connectivity index (χ3v) is 3.22. The van der Waals surface area contributed by atoms with Crippen LogP contribution in [0.3, 0.4) is 0 Å². The van der Waals surface area contributed by atoms with Crippen LogP contribution in [-0.2, 0) is 11.3 Å². The summed E-state index contributed by atoms with van der Waals surface area (Å²) in [5, 5.41) is 6.53. The van der Waals surface area contributed by atoms with Gasteiger partial charge in [0.2, 0.25) is 5.91 Å². The van der Waals surface area contributed by atoms with E-state index < -0.39 is 0 Å². The summed E-state index contributed by atoms with van der Waals surface area (Å²) >= 11 is 0. The molecule has 0 atom stereocenters. The standard InChI is InChI=1S/C11H18N4O/c1-15(7-10-12-8-13-14-10)11(16)6-9-4-2-3-5-9/h8-9H,2-7H2,1H3,(H,12,13,14). The van der Waals surface area contributed by atoms with Gasteiger partial charge in [-0.2, -0.15) is 5.10 Å². The fourth-order valence-corrected chi connectivity index (χ4v) is 2.24. The fourth-order valence-electron chi connectivity index (χ4n) is 2.24. The molecule has 16 heavy (non-hydrogen) atoms. The summed E-state index contributed by atoms with van der Waals surface area (Å²) in [7, 11) is 1.82. The number of nitrogens with one attached hydrogen (secondary N) is 1. The van der Waals surface area contributed by atoms with Crippen LogP contribution in [0, 0.1) is 5.92 Å². The van der Waals surface area contributed by atoms with Crippen molar-refractivity contribution in [2.45, 2.75) is 38.6 Å². The van der Waals surface area contributed by atoms with Crippen LogP contribution in [0.25, 0.3) is 0 Å². The summed E-state index contributed by atoms with van der Waals surface area (Å²) in [5.41, 5.74) is 0. The molecule has 1 N–H and O–H groups in total. The average Bonchev–Trinajstić information content (AvgIpc) is 2.90. The molecule has 0 saturated heterocycles. The van der Waals surface area contributed by atoms with Crippen molar-refractivity contribution >= 4 is 5.91 Å². The molecule has 1 amide bonds. The Bertz CT molecular complexity index is 330. The van der Waals surface area contributed by atoms with Crippen LogP contribution in [0.1, 0.15) is 37.9 Å². The number of hydrogen-bond acceptors (Lipinski definition) is 3. The summed E-state index contributed by atoms with van der Waals surface area (Å²) in [4.78, 5) is 17.6. The number of hydrogen-bond donors (Lipinski definition) is 1. The Kier molecular flexibility index (Phi) is 3.54. The molecule has 88 valence electrons. The minimum absolute atomic E-state index is 0.211. The molecule has 1 saturated carbocycles. The highest BCUT2D eigenvalue weighted by molar-refractivity contribution is 5.76. The molecule has 2 rings (SSSR count). The topological polar surface area (TPSA) is 61.9 Å². The van der Waals surface area contributed by atoms with E-state index in [-0.39, 0.29) is 5.91 Å². The number of rotatable bonds is 4. The third-order valence-electron chi connectivity index (χ3n) is 3.22. The Morgan fingerprint density at radius 3 is 2.94 bits per heavy atom. The van der Waals surface area contributed by atoms with Gasteiger partial charge in [-0.25, -0.2) is 4.98 Å². The van der Waals surface area contributed by atoms with Crippen LogP contribution in [0.15, 0.2) is 6.33 Å². The highest BCUT2D eigenvalue weighted by Crippen LogP contribution is 2.27. The van der Waals surface area contributed by atoms with Gasteiger partial charge in [0.1, 0.15) is 12.2 Å². The average molecular weight is 222 g/mol. The van der Waals surface area contributed by atoms with Crippen LogP contribution in [0.4, 0.5) is 0 Å². The van der Waals surface area contributed by atoms with E-state index in [1.807, 2.05) is 7.05 Å². The molecule has 1 heterocycles. The molecule has 0 spiro atoms. The first-order valence-corrected chi connectivity index (χ1v) is 5.84. The van der Waals surface area contributed by atoms with E-state index in [1.54, 1.807) is 4.90 Å². The van der Waals surface area contributed by atoms with Crippen molar-refractivity contribution in [3.63, 3.8) is 0 Å². The van der Waals surface area contributed by atoms with Crippen LogP contribution in [0.5, 0.6) is 0 Å². The Labute approximate surface area is 95.2 Å². The van der Waals surface area contributed by atoms with Crippen molar-refractivity contribution in [3.05, 3.63) is 12.2 Å². The molecule has 1 aliphatic carbocycles. The van der Waals surface area contributed by atoms with Gasteiger partial charge in [-0.1, -0.05) is 12.8 Å². The quantitative estimate of drug-likeness (QED) is 0.836. The Morgan fingerprint density at radius 1 is 1.56 bits per heavy atom. The number of aromatic nitrogens is 3. The number of H-pyrrole nitrogens is 1. The second kappa shape index (κ2) is 5.09. The summed E-state index contributed by atoms with van der Waals surface area (Å²) in [6.07, 6.45) is 7.13. The summed E-state index contributed by atoms with van der Waals surface area (Å²) < 4.78 is 0. The molecule has 0 bridgehead atoms. The van der Waals surface area contributed by atoms with E-state index >= 15 is 0 Å². The molecule has 0 radical (unpaired) electrons. The van der Waals surface area contributed by atoms with Crippen LogP contribution < -0.4 is 0 Å². The van der Waals surface area contributed by atoms with Gasteiger partial charge in [0, 0.05) is 13.5 Å². The SMILES string of the molecule is CN(Cc1ncn[nH]1)C(=O)CC1CCCC1. The molecular formula is C11H18N4O. The van der Waals surface area contributed by atoms with Gasteiger partial charge in [-0.05, 0) is 18.8 Å². The lowest BCUT2D eigenvalue weighted by molar-refractivity contribution is -0.131. The van der Waals surface area contributed by atoms with Gasteiger partial charge in [0.25, 0.3) is 0 Å².